The SMILES string of the molecule is CCOc1ccc(N(CC(=O)N(Cc2ccc(C)cc2)[C@@H](Cc2ccccc2)C(=O)NC2CCCC2)S(C)(=O)=O)cc1. The van der Waals surface area contributed by atoms with Gasteiger partial charge in [0.1, 0.15) is 18.3 Å². The number of ether oxygens (including phenoxy) is 1. The fraction of sp³-hybridized carbons (Fsp3) is 0.394. The van der Waals surface area contributed by atoms with E-state index in [0.29, 0.717) is 24.5 Å². The normalized spacial score (nSPS) is 14.3. The number of rotatable bonds is 13. The van der Waals surface area contributed by atoms with Crippen LogP contribution in [0.3, 0.4) is 0 Å². The van der Waals surface area contributed by atoms with Crippen LogP contribution in [0, 0.1) is 6.92 Å². The molecule has 0 spiro atoms. The van der Waals surface area contributed by atoms with E-state index >= 15 is 0 Å². The number of nitrogens with zero attached hydrogens (tertiary/aromatic N) is 2. The van der Waals surface area contributed by atoms with Gasteiger partial charge in [-0.15, -0.1) is 0 Å². The van der Waals surface area contributed by atoms with E-state index in [4.69, 9.17) is 4.74 Å². The zero-order valence-corrected chi connectivity index (χ0v) is 25.5. The number of hydrogen-bond donors (Lipinski definition) is 1. The minimum absolute atomic E-state index is 0.0727. The van der Waals surface area contributed by atoms with Crippen molar-refractivity contribution in [3.63, 3.8) is 0 Å². The molecule has 1 fully saturated rings. The quantitative estimate of drug-likeness (QED) is 0.306. The van der Waals surface area contributed by atoms with Crippen LogP contribution in [0.1, 0.15) is 49.3 Å². The standard InChI is InChI=1S/C33H41N3O5S/c1-4-41-30-20-18-29(19-21-30)36(42(3,39)40)24-32(37)35(23-27-16-14-25(2)15-17-27)31(22-26-10-6-5-7-11-26)33(38)34-28-12-8-9-13-28/h5-7,10-11,14-21,28,31H,4,8-9,12-13,22-24H2,1-3H3,(H,34,38)/t31-/m0/s1. The van der Waals surface area contributed by atoms with Crippen molar-refractivity contribution in [1.82, 2.24) is 10.2 Å². The first-order chi connectivity index (χ1) is 20.1. The lowest BCUT2D eigenvalue weighted by molar-refractivity contribution is -0.140. The minimum atomic E-state index is -3.83. The van der Waals surface area contributed by atoms with Crippen molar-refractivity contribution in [2.45, 2.75) is 64.6 Å². The lowest BCUT2D eigenvalue weighted by Gasteiger charge is -2.34. The zero-order chi connectivity index (χ0) is 30.1. The Balaban J connectivity index is 1.70. The first-order valence-corrected chi connectivity index (χ1v) is 16.4. The van der Waals surface area contributed by atoms with E-state index in [1.54, 1.807) is 24.3 Å². The van der Waals surface area contributed by atoms with Crippen LogP contribution >= 0.6 is 0 Å². The highest BCUT2D eigenvalue weighted by atomic mass is 32.2. The highest BCUT2D eigenvalue weighted by Crippen LogP contribution is 2.24. The molecule has 0 saturated heterocycles. The van der Waals surface area contributed by atoms with E-state index in [1.807, 2.05) is 68.4 Å². The Morgan fingerprint density at radius 3 is 2.17 bits per heavy atom. The Labute approximate surface area is 249 Å². The average molecular weight is 592 g/mol. The minimum Gasteiger partial charge on any atom is -0.494 e. The summed E-state index contributed by atoms with van der Waals surface area (Å²) >= 11 is 0. The Hall–Kier alpha value is -3.85. The third-order valence-electron chi connectivity index (χ3n) is 7.56. The maximum absolute atomic E-state index is 14.2. The number of nitrogens with one attached hydrogen (secondary N) is 1. The topological polar surface area (TPSA) is 96.0 Å². The Bertz CT molecular complexity index is 1420. The molecule has 1 N–H and O–H groups in total. The highest BCUT2D eigenvalue weighted by Gasteiger charge is 2.34. The van der Waals surface area contributed by atoms with E-state index in [0.717, 1.165) is 52.9 Å². The second-order valence-electron chi connectivity index (χ2n) is 10.9. The third kappa shape index (κ3) is 8.58. The molecule has 1 aliphatic carbocycles. The number of sulfonamides is 1. The van der Waals surface area contributed by atoms with Crippen LogP contribution in [-0.2, 0) is 32.6 Å². The largest absolute Gasteiger partial charge is 0.494 e. The van der Waals surface area contributed by atoms with Gasteiger partial charge in [0.2, 0.25) is 21.8 Å². The van der Waals surface area contributed by atoms with Gasteiger partial charge in [0.05, 0.1) is 18.6 Å². The molecule has 0 bridgehead atoms. The van der Waals surface area contributed by atoms with Crippen LogP contribution in [0.4, 0.5) is 5.69 Å². The molecule has 42 heavy (non-hydrogen) atoms. The second kappa shape index (κ2) is 14.4. The molecule has 0 unspecified atom stereocenters. The van der Waals surface area contributed by atoms with Crippen LogP contribution in [0.5, 0.6) is 5.75 Å². The molecule has 224 valence electrons. The fourth-order valence-corrected chi connectivity index (χ4v) is 6.15. The summed E-state index contributed by atoms with van der Waals surface area (Å²) in [6.07, 6.45) is 5.33. The summed E-state index contributed by atoms with van der Waals surface area (Å²) in [7, 11) is -3.83. The molecule has 0 heterocycles. The molecule has 3 aromatic carbocycles. The van der Waals surface area contributed by atoms with Crippen LogP contribution in [0.25, 0.3) is 0 Å². The summed E-state index contributed by atoms with van der Waals surface area (Å²) in [6.45, 7) is 4.05. The lowest BCUT2D eigenvalue weighted by atomic mass is 10.0. The zero-order valence-electron chi connectivity index (χ0n) is 24.7. The summed E-state index contributed by atoms with van der Waals surface area (Å²) in [5.41, 5.74) is 3.19. The van der Waals surface area contributed by atoms with Gasteiger partial charge in [0.25, 0.3) is 0 Å². The molecule has 3 aromatic rings. The number of carbonyl (C=O) groups is 2. The molecule has 4 rings (SSSR count). The van der Waals surface area contributed by atoms with E-state index in [2.05, 4.69) is 5.32 Å². The third-order valence-corrected chi connectivity index (χ3v) is 8.70. The Morgan fingerprint density at radius 2 is 1.57 bits per heavy atom. The Kier molecular flexibility index (Phi) is 10.6. The Morgan fingerprint density at radius 1 is 0.929 bits per heavy atom. The van der Waals surface area contributed by atoms with E-state index in [9.17, 15) is 18.0 Å². The van der Waals surface area contributed by atoms with Crippen molar-refractivity contribution >= 4 is 27.5 Å². The van der Waals surface area contributed by atoms with E-state index in [-0.39, 0.29) is 18.5 Å². The second-order valence-corrected chi connectivity index (χ2v) is 12.8. The van der Waals surface area contributed by atoms with Gasteiger partial charge < -0.3 is 15.0 Å². The van der Waals surface area contributed by atoms with Crippen molar-refractivity contribution < 1.29 is 22.7 Å². The predicted molar refractivity (Wildman–Crippen MR) is 166 cm³/mol. The molecular weight excluding hydrogens is 550 g/mol. The summed E-state index contributed by atoms with van der Waals surface area (Å²) in [5.74, 6) is -0.0795. The van der Waals surface area contributed by atoms with Crippen LogP contribution in [-0.4, -0.2) is 56.6 Å². The van der Waals surface area contributed by atoms with Gasteiger partial charge in [-0.05, 0) is 62.1 Å². The summed E-state index contributed by atoms with van der Waals surface area (Å²) in [6, 6.07) is 23.2. The van der Waals surface area contributed by atoms with Gasteiger partial charge in [0.15, 0.2) is 0 Å². The number of carbonyl (C=O) groups excluding carboxylic acids is 2. The first kappa shape index (κ1) is 31.1. The predicted octanol–water partition coefficient (Wildman–Crippen LogP) is 4.86. The van der Waals surface area contributed by atoms with Crippen molar-refractivity contribution in [3.8, 4) is 5.75 Å². The highest BCUT2D eigenvalue weighted by molar-refractivity contribution is 7.92. The van der Waals surface area contributed by atoms with Gasteiger partial charge in [0, 0.05) is 19.0 Å². The summed E-state index contributed by atoms with van der Waals surface area (Å²) in [5, 5.41) is 3.18. The smallest absolute Gasteiger partial charge is 0.244 e. The molecule has 0 aromatic heterocycles. The average Bonchev–Trinajstić information content (AvgIpc) is 3.48. The molecule has 0 radical (unpaired) electrons. The maximum atomic E-state index is 14.2. The van der Waals surface area contributed by atoms with Crippen molar-refractivity contribution in [2.24, 2.45) is 0 Å². The van der Waals surface area contributed by atoms with Gasteiger partial charge in [-0.25, -0.2) is 8.42 Å². The van der Waals surface area contributed by atoms with Crippen LogP contribution < -0.4 is 14.4 Å². The van der Waals surface area contributed by atoms with Crippen molar-refractivity contribution in [3.05, 3.63) is 95.6 Å². The lowest BCUT2D eigenvalue weighted by Crippen LogP contribution is -2.54. The number of benzene rings is 3. The molecule has 0 aliphatic heterocycles. The van der Waals surface area contributed by atoms with Gasteiger partial charge in [-0.3, -0.25) is 13.9 Å². The van der Waals surface area contributed by atoms with E-state index < -0.39 is 28.5 Å². The first-order valence-electron chi connectivity index (χ1n) is 14.5. The van der Waals surface area contributed by atoms with Crippen LogP contribution in [0.15, 0.2) is 78.9 Å². The van der Waals surface area contributed by atoms with E-state index in [1.165, 1.54) is 4.90 Å². The van der Waals surface area contributed by atoms with Gasteiger partial charge >= 0.3 is 0 Å². The molecule has 1 atom stereocenters. The maximum Gasteiger partial charge on any atom is 0.244 e. The monoisotopic (exact) mass is 591 g/mol. The number of anilines is 1. The number of amides is 2. The molecule has 1 aliphatic rings. The van der Waals surface area contributed by atoms with Gasteiger partial charge in [-0.1, -0.05) is 73.0 Å². The fourth-order valence-electron chi connectivity index (χ4n) is 5.30. The molecule has 8 nitrogen and oxygen atoms in total. The molecule has 9 heteroatoms. The molecule has 1 saturated carbocycles. The van der Waals surface area contributed by atoms with Gasteiger partial charge in [-0.2, -0.15) is 0 Å². The number of aryl methyl sites for hydroxylation is 1. The van der Waals surface area contributed by atoms with Crippen molar-refractivity contribution in [1.29, 1.82) is 0 Å². The summed E-state index contributed by atoms with van der Waals surface area (Å²) < 4.78 is 32.5. The summed E-state index contributed by atoms with van der Waals surface area (Å²) in [4.78, 5) is 29.6. The molecular formula is C33H41N3O5S. The molecule has 2 amide bonds. The van der Waals surface area contributed by atoms with Crippen molar-refractivity contribution in [2.75, 3.05) is 23.7 Å². The van der Waals surface area contributed by atoms with Crippen LogP contribution in [0.2, 0.25) is 0 Å². The number of hydrogen-bond acceptors (Lipinski definition) is 5.